The van der Waals surface area contributed by atoms with Gasteiger partial charge in [0.2, 0.25) is 21.8 Å². The zero-order valence-electron chi connectivity index (χ0n) is 17.2. The number of rotatable bonds is 4. The number of carbonyl (C=O) groups excluding carboxylic acids is 2. The molecule has 1 aromatic rings. The van der Waals surface area contributed by atoms with E-state index in [-0.39, 0.29) is 42.3 Å². The van der Waals surface area contributed by atoms with Crippen LogP contribution in [0.4, 0.5) is 5.69 Å². The molecule has 3 saturated heterocycles. The van der Waals surface area contributed by atoms with Gasteiger partial charge in [-0.1, -0.05) is 6.07 Å². The number of fused-ring (bicyclic) bond motifs is 2. The molecule has 1 N–H and O–H groups in total. The van der Waals surface area contributed by atoms with Crippen molar-refractivity contribution in [3.05, 3.63) is 29.3 Å². The monoisotopic (exact) mass is 419 g/mol. The molecule has 0 spiro atoms. The molecule has 1 aromatic carbocycles. The van der Waals surface area contributed by atoms with Crippen molar-refractivity contribution >= 4 is 27.5 Å². The van der Waals surface area contributed by atoms with E-state index in [4.69, 9.17) is 0 Å². The second kappa shape index (κ2) is 7.40. The Kier molecular flexibility index (Phi) is 5.19. The Morgan fingerprint density at radius 2 is 1.76 bits per heavy atom. The first-order chi connectivity index (χ1) is 13.6. The summed E-state index contributed by atoms with van der Waals surface area (Å²) in [5.41, 5.74) is 3.13. The molecule has 2 amide bonds. The van der Waals surface area contributed by atoms with E-state index in [9.17, 15) is 18.0 Å². The number of hydrogen-bond donors (Lipinski definition) is 1. The van der Waals surface area contributed by atoms with Crippen molar-refractivity contribution in [2.75, 3.05) is 17.7 Å². The Labute approximate surface area is 172 Å². The van der Waals surface area contributed by atoms with Gasteiger partial charge in [-0.2, -0.15) is 4.31 Å². The minimum absolute atomic E-state index is 0.0220. The summed E-state index contributed by atoms with van der Waals surface area (Å²) in [7, 11) is -3.21. The van der Waals surface area contributed by atoms with E-state index in [0.29, 0.717) is 19.4 Å². The quantitative estimate of drug-likeness (QED) is 0.805. The van der Waals surface area contributed by atoms with Gasteiger partial charge in [-0.05, 0) is 62.8 Å². The molecule has 29 heavy (non-hydrogen) atoms. The van der Waals surface area contributed by atoms with Crippen molar-refractivity contribution in [3.8, 4) is 0 Å². The van der Waals surface area contributed by atoms with Gasteiger partial charge >= 0.3 is 0 Å². The number of anilines is 1. The van der Waals surface area contributed by atoms with E-state index in [1.807, 2.05) is 32.0 Å². The standard InChI is InChI=1S/C21H29N3O4S/c1-13-4-5-17(8-14(13)2)23-12-15(9-20(23)25)21(26)22-16-10-18-6-7-19(11-16)24(18)29(3,27)28/h4-5,8,15-16,18-19H,6-7,9-12H2,1-3H3,(H,22,26). The summed E-state index contributed by atoms with van der Waals surface area (Å²) in [5, 5.41) is 3.11. The second-order valence-electron chi connectivity index (χ2n) is 8.83. The number of hydrogen-bond acceptors (Lipinski definition) is 4. The highest BCUT2D eigenvalue weighted by Crippen LogP contribution is 2.37. The lowest BCUT2D eigenvalue weighted by Crippen LogP contribution is -2.52. The van der Waals surface area contributed by atoms with Gasteiger partial charge in [-0.15, -0.1) is 0 Å². The number of benzene rings is 1. The third kappa shape index (κ3) is 3.92. The van der Waals surface area contributed by atoms with Crippen molar-refractivity contribution in [3.63, 3.8) is 0 Å². The molecule has 7 nitrogen and oxygen atoms in total. The molecule has 3 atom stereocenters. The van der Waals surface area contributed by atoms with Gasteiger partial charge in [0.15, 0.2) is 0 Å². The highest BCUT2D eigenvalue weighted by Gasteiger charge is 2.46. The first kappa shape index (κ1) is 20.3. The molecule has 3 aliphatic rings. The number of nitrogens with zero attached hydrogens (tertiary/aromatic N) is 2. The second-order valence-corrected chi connectivity index (χ2v) is 10.7. The highest BCUT2D eigenvalue weighted by atomic mass is 32.2. The molecule has 3 aliphatic heterocycles. The summed E-state index contributed by atoms with van der Waals surface area (Å²) in [4.78, 5) is 27.1. The van der Waals surface area contributed by atoms with Crippen LogP contribution in [0.1, 0.15) is 43.2 Å². The predicted octanol–water partition coefficient (Wildman–Crippen LogP) is 1.73. The minimum Gasteiger partial charge on any atom is -0.353 e. The number of aryl methyl sites for hydroxylation is 2. The van der Waals surface area contributed by atoms with Crippen molar-refractivity contribution in [1.82, 2.24) is 9.62 Å². The Balaban J connectivity index is 1.39. The first-order valence-corrected chi connectivity index (χ1v) is 12.1. The summed E-state index contributed by atoms with van der Waals surface area (Å²) in [5.74, 6) is -0.489. The molecular formula is C21H29N3O4S. The zero-order chi connectivity index (χ0) is 20.9. The summed E-state index contributed by atoms with van der Waals surface area (Å²) in [6.07, 6.45) is 4.49. The molecule has 0 radical (unpaired) electrons. The van der Waals surface area contributed by atoms with Crippen LogP contribution < -0.4 is 10.2 Å². The summed E-state index contributed by atoms with van der Waals surface area (Å²) in [6, 6.07) is 5.85. The maximum atomic E-state index is 12.8. The summed E-state index contributed by atoms with van der Waals surface area (Å²) in [6.45, 7) is 4.44. The van der Waals surface area contributed by atoms with Gasteiger partial charge in [0.05, 0.1) is 12.2 Å². The molecule has 3 fully saturated rings. The average molecular weight is 420 g/mol. The van der Waals surface area contributed by atoms with Crippen LogP contribution in [-0.4, -0.2) is 55.5 Å². The lowest BCUT2D eigenvalue weighted by atomic mass is 9.98. The normalized spacial score (nSPS) is 30.0. The summed E-state index contributed by atoms with van der Waals surface area (Å²) >= 11 is 0. The van der Waals surface area contributed by atoms with Crippen LogP contribution in [0, 0.1) is 19.8 Å². The van der Waals surface area contributed by atoms with E-state index in [1.165, 1.54) is 11.8 Å². The van der Waals surface area contributed by atoms with Gasteiger partial charge in [0.1, 0.15) is 0 Å². The van der Waals surface area contributed by atoms with Crippen LogP contribution in [0.3, 0.4) is 0 Å². The number of carbonyl (C=O) groups is 2. The molecule has 0 aliphatic carbocycles. The van der Waals surface area contributed by atoms with E-state index in [1.54, 1.807) is 9.21 Å². The van der Waals surface area contributed by atoms with Crippen molar-refractivity contribution in [2.45, 2.75) is 64.1 Å². The predicted molar refractivity (Wildman–Crippen MR) is 111 cm³/mol. The fraction of sp³-hybridized carbons (Fsp3) is 0.619. The molecule has 3 heterocycles. The Morgan fingerprint density at radius 1 is 1.10 bits per heavy atom. The van der Waals surface area contributed by atoms with Crippen LogP contribution in [0.25, 0.3) is 0 Å². The maximum absolute atomic E-state index is 12.8. The third-order valence-corrected chi connectivity index (χ3v) is 8.06. The van der Waals surface area contributed by atoms with Crippen molar-refractivity contribution < 1.29 is 18.0 Å². The molecular weight excluding hydrogens is 390 g/mol. The molecule has 2 bridgehead atoms. The van der Waals surface area contributed by atoms with Crippen molar-refractivity contribution in [2.24, 2.45) is 5.92 Å². The van der Waals surface area contributed by atoms with Crippen LogP contribution >= 0.6 is 0 Å². The minimum atomic E-state index is -3.21. The Morgan fingerprint density at radius 3 is 2.34 bits per heavy atom. The van der Waals surface area contributed by atoms with E-state index >= 15 is 0 Å². The number of nitrogens with one attached hydrogen (secondary N) is 1. The molecule has 0 aromatic heterocycles. The van der Waals surface area contributed by atoms with Crippen LogP contribution in [0.5, 0.6) is 0 Å². The van der Waals surface area contributed by atoms with Gasteiger partial charge in [-0.25, -0.2) is 8.42 Å². The van der Waals surface area contributed by atoms with E-state index in [0.717, 1.165) is 24.1 Å². The Bertz CT molecular complexity index is 931. The molecule has 3 unspecified atom stereocenters. The zero-order valence-corrected chi connectivity index (χ0v) is 18.0. The van der Waals surface area contributed by atoms with Crippen LogP contribution in [0.2, 0.25) is 0 Å². The molecule has 0 saturated carbocycles. The van der Waals surface area contributed by atoms with Gasteiger partial charge in [0.25, 0.3) is 0 Å². The lowest BCUT2D eigenvalue weighted by molar-refractivity contribution is -0.127. The van der Waals surface area contributed by atoms with Crippen LogP contribution in [0.15, 0.2) is 18.2 Å². The molecule has 158 valence electrons. The average Bonchev–Trinajstić information content (AvgIpc) is 3.15. The fourth-order valence-corrected chi connectivity index (χ4v) is 6.60. The maximum Gasteiger partial charge on any atom is 0.227 e. The first-order valence-electron chi connectivity index (χ1n) is 10.3. The Hall–Kier alpha value is -1.93. The van der Waals surface area contributed by atoms with Gasteiger partial charge < -0.3 is 10.2 Å². The van der Waals surface area contributed by atoms with E-state index < -0.39 is 10.0 Å². The largest absolute Gasteiger partial charge is 0.353 e. The lowest BCUT2D eigenvalue weighted by Gasteiger charge is -2.37. The van der Waals surface area contributed by atoms with Crippen molar-refractivity contribution in [1.29, 1.82) is 0 Å². The smallest absolute Gasteiger partial charge is 0.227 e. The number of sulfonamides is 1. The van der Waals surface area contributed by atoms with E-state index in [2.05, 4.69) is 5.32 Å². The number of piperidine rings is 1. The third-order valence-electron chi connectivity index (χ3n) is 6.69. The van der Waals surface area contributed by atoms with Crippen LogP contribution in [-0.2, 0) is 19.6 Å². The van der Waals surface area contributed by atoms with Gasteiger partial charge in [0, 0.05) is 36.8 Å². The SMILES string of the molecule is Cc1ccc(N2CC(C(=O)NC3CC4CCC(C3)N4S(C)(=O)=O)CC2=O)cc1C. The highest BCUT2D eigenvalue weighted by molar-refractivity contribution is 7.88. The number of amides is 2. The summed E-state index contributed by atoms with van der Waals surface area (Å²) < 4.78 is 25.7. The van der Waals surface area contributed by atoms with Gasteiger partial charge in [-0.3, -0.25) is 9.59 Å². The molecule has 8 heteroatoms. The molecule has 4 rings (SSSR count). The fourth-order valence-electron chi connectivity index (χ4n) is 5.14. The topological polar surface area (TPSA) is 86.8 Å².